The quantitative estimate of drug-likeness (QED) is 0.491. The molecular formula is C24H40N6O. The number of nitrogens with two attached hydrogens (primary N) is 1. The number of amides is 1. The molecule has 0 aromatic carbocycles. The number of aliphatic imine (C=N–C) groups is 1. The van der Waals surface area contributed by atoms with Gasteiger partial charge in [0.2, 0.25) is 5.91 Å². The molecule has 31 heavy (non-hydrogen) atoms. The summed E-state index contributed by atoms with van der Waals surface area (Å²) in [5.41, 5.74) is 6.67. The van der Waals surface area contributed by atoms with Crippen LogP contribution >= 0.6 is 0 Å². The van der Waals surface area contributed by atoms with Crippen LogP contribution < -0.4 is 16.0 Å². The maximum absolute atomic E-state index is 11.7. The fraction of sp³-hybridized carbons (Fsp3) is 0.708. The Morgan fingerprint density at radius 3 is 2.77 bits per heavy atom. The molecule has 2 unspecified atom stereocenters. The summed E-state index contributed by atoms with van der Waals surface area (Å²) in [4.78, 5) is 26.0. The van der Waals surface area contributed by atoms with Gasteiger partial charge in [0.1, 0.15) is 5.82 Å². The molecule has 0 bridgehead atoms. The van der Waals surface area contributed by atoms with E-state index in [1.165, 1.54) is 19.3 Å². The zero-order chi connectivity index (χ0) is 22.2. The van der Waals surface area contributed by atoms with Crippen LogP contribution in [0.15, 0.2) is 23.3 Å². The van der Waals surface area contributed by atoms with Crippen LogP contribution in [0.1, 0.15) is 58.4 Å². The van der Waals surface area contributed by atoms with Crippen molar-refractivity contribution >= 4 is 17.7 Å². The molecule has 1 aromatic heterocycles. The van der Waals surface area contributed by atoms with Gasteiger partial charge in [-0.15, -0.1) is 0 Å². The van der Waals surface area contributed by atoms with E-state index in [9.17, 15) is 4.79 Å². The van der Waals surface area contributed by atoms with Gasteiger partial charge >= 0.3 is 0 Å². The lowest BCUT2D eigenvalue weighted by molar-refractivity contribution is -0.122. The van der Waals surface area contributed by atoms with Crippen LogP contribution in [-0.2, 0) is 11.3 Å². The largest absolute Gasteiger partial charge is 0.369 e. The van der Waals surface area contributed by atoms with E-state index in [0.717, 1.165) is 68.2 Å². The van der Waals surface area contributed by atoms with Crippen molar-refractivity contribution < 1.29 is 4.79 Å². The topological polar surface area (TPSA) is 86.9 Å². The highest BCUT2D eigenvalue weighted by Crippen LogP contribution is 2.29. The van der Waals surface area contributed by atoms with Crippen LogP contribution in [0.3, 0.4) is 0 Å². The van der Waals surface area contributed by atoms with E-state index in [1.807, 2.05) is 12.3 Å². The number of carbonyl (C=O) groups excluding carboxylic acids is 1. The van der Waals surface area contributed by atoms with Gasteiger partial charge in [-0.1, -0.05) is 32.8 Å². The van der Waals surface area contributed by atoms with E-state index in [1.54, 1.807) is 0 Å². The molecule has 3 heterocycles. The molecular weight excluding hydrogens is 388 g/mol. The molecule has 3 rings (SSSR count). The van der Waals surface area contributed by atoms with Crippen molar-refractivity contribution in [2.45, 2.75) is 59.4 Å². The minimum atomic E-state index is -0.212. The number of anilines is 1. The van der Waals surface area contributed by atoms with Crippen LogP contribution in [0.4, 0.5) is 5.82 Å². The lowest BCUT2D eigenvalue weighted by Gasteiger charge is -2.33. The fourth-order valence-electron chi connectivity index (χ4n) is 5.15. The SMILES string of the molecule is CCNC(=NCc1cccnc1N1CCCC(C(N)=O)C1)N1CCC(C(CC)CC)C1. The number of carbonyl (C=O) groups is 1. The fourth-order valence-corrected chi connectivity index (χ4v) is 5.15. The minimum absolute atomic E-state index is 0.101. The first-order valence-electron chi connectivity index (χ1n) is 12.1. The molecule has 2 saturated heterocycles. The predicted molar refractivity (Wildman–Crippen MR) is 127 cm³/mol. The maximum Gasteiger partial charge on any atom is 0.222 e. The molecule has 2 atom stereocenters. The Morgan fingerprint density at radius 2 is 2.06 bits per heavy atom. The number of hydrogen-bond donors (Lipinski definition) is 2. The van der Waals surface area contributed by atoms with Crippen molar-refractivity contribution in [2.24, 2.45) is 28.5 Å². The number of hydrogen-bond acceptors (Lipinski definition) is 4. The average molecular weight is 429 g/mol. The highest BCUT2D eigenvalue weighted by atomic mass is 16.1. The van der Waals surface area contributed by atoms with E-state index >= 15 is 0 Å². The smallest absolute Gasteiger partial charge is 0.222 e. The summed E-state index contributed by atoms with van der Waals surface area (Å²) in [6.45, 7) is 11.9. The molecule has 1 aromatic rings. The predicted octanol–water partition coefficient (Wildman–Crippen LogP) is 3.01. The van der Waals surface area contributed by atoms with Crippen molar-refractivity contribution in [1.82, 2.24) is 15.2 Å². The molecule has 2 fully saturated rings. The van der Waals surface area contributed by atoms with Crippen molar-refractivity contribution in [3.05, 3.63) is 23.9 Å². The van der Waals surface area contributed by atoms with Crippen molar-refractivity contribution in [3.63, 3.8) is 0 Å². The second kappa shape index (κ2) is 11.3. The number of piperidine rings is 1. The second-order valence-corrected chi connectivity index (χ2v) is 8.92. The van der Waals surface area contributed by atoms with Crippen LogP contribution in [0.5, 0.6) is 0 Å². The van der Waals surface area contributed by atoms with Gasteiger partial charge in [0.05, 0.1) is 12.5 Å². The Hall–Kier alpha value is -2.31. The molecule has 0 spiro atoms. The van der Waals surface area contributed by atoms with Crippen LogP contribution in [0.25, 0.3) is 0 Å². The van der Waals surface area contributed by atoms with Gasteiger partial charge in [0, 0.05) is 44.5 Å². The third-order valence-electron chi connectivity index (χ3n) is 6.96. The van der Waals surface area contributed by atoms with Gasteiger partial charge in [-0.05, 0) is 44.1 Å². The summed E-state index contributed by atoms with van der Waals surface area (Å²) in [6, 6.07) is 4.07. The number of pyridine rings is 1. The molecule has 172 valence electrons. The van der Waals surface area contributed by atoms with Crippen LogP contribution in [0, 0.1) is 17.8 Å². The number of likely N-dealkylation sites (tertiary alicyclic amines) is 1. The summed E-state index contributed by atoms with van der Waals surface area (Å²) in [5, 5.41) is 3.49. The van der Waals surface area contributed by atoms with E-state index in [2.05, 4.69) is 46.9 Å². The molecule has 0 saturated carbocycles. The minimum Gasteiger partial charge on any atom is -0.369 e. The number of guanidine groups is 1. The Bertz CT molecular complexity index is 747. The van der Waals surface area contributed by atoms with Gasteiger partial charge in [-0.25, -0.2) is 9.98 Å². The lowest BCUT2D eigenvalue weighted by Crippen LogP contribution is -2.42. The Balaban J connectivity index is 1.73. The normalized spacial score (nSPS) is 22.3. The van der Waals surface area contributed by atoms with E-state index < -0.39 is 0 Å². The second-order valence-electron chi connectivity index (χ2n) is 8.92. The number of rotatable bonds is 8. The Kier molecular flexibility index (Phi) is 8.55. The van der Waals surface area contributed by atoms with Crippen molar-refractivity contribution in [3.8, 4) is 0 Å². The number of primary amides is 1. The van der Waals surface area contributed by atoms with Crippen LogP contribution in [0.2, 0.25) is 0 Å². The summed E-state index contributed by atoms with van der Waals surface area (Å²) in [5.74, 6) is 3.18. The van der Waals surface area contributed by atoms with E-state index in [4.69, 9.17) is 10.7 Å². The summed E-state index contributed by atoms with van der Waals surface area (Å²) < 4.78 is 0. The van der Waals surface area contributed by atoms with Gasteiger partial charge in [-0.2, -0.15) is 0 Å². The van der Waals surface area contributed by atoms with Gasteiger partial charge in [0.25, 0.3) is 0 Å². The number of aromatic nitrogens is 1. The lowest BCUT2D eigenvalue weighted by atomic mass is 9.87. The number of nitrogens with one attached hydrogen (secondary N) is 1. The van der Waals surface area contributed by atoms with Gasteiger partial charge < -0.3 is 20.9 Å². The van der Waals surface area contributed by atoms with E-state index in [0.29, 0.717) is 13.1 Å². The molecule has 2 aliphatic heterocycles. The van der Waals surface area contributed by atoms with Crippen molar-refractivity contribution in [1.29, 1.82) is 0 Å². The first kappa shape index (κ1) is 23.4. The zero-order valence-electron chi connectivity index (χ0n) is 19.5. The third-order valence-corrected chi connectivity index (χ3v) is 6.96. The highest BCUT2D eigenvalue weighted by molar-refractivity contribution is 5.80. The molecule has 2 aliphatic rings. The zero-order valence-corrected chi connectivity index (χ0v) is 19.5. The molecule has 7 nitrogen and oxygen atoms in total. The van der Waals surface area contributed by atoms with Gasteiger partial charge in [0.15, 0.2) is 5.96 Å². The highest BCUT2D eigenvalue weighted by Gasteiger charge is 2.29. The van der Waals surface area contributed by atoms with Crippen LogP contribution in [-0.4, -0.2) is 54.5 Å². The monoisotopic (exact) mass is 428 g/mol. The summed E-state index contributed by atoms with van der Waals surface area (Å²) >= 11 is 0. The molecule has 7 heteroatoms. The van der Waals surface area contributed by atoms with E-state index in [-0.39, 0.29) is 11.8 Å². The maximum atomic E-state index is 11.7. The standard InChI is InChI=1S/C24H40N6O/c1-4-18(5-2)20-11-14-30(16-20)24(26-6-3)28-15-19-9-7-12-27-23(19)29-13-8-10-21(17-29)22(25)31/h7,9,12,18,20-21H,4-6,8,10-11,13-17H2,1-3H3,(H2,25,31)(H,26,28). The van der Waals surface area contributed by atoms with Crippen molar-refractivity contribution in [2.75, 3.05) is 37.6 Å². The Labute approximate surface area is 187 Å². The molecule has 0 radical (unpaired) electrons. The third kappa shape index (κ3) is 5.89. The molecule has 3 N–H and O–H groups in total. The first-order valence-corrected chi connectivity index (χ1v) is 12.1. The summed E-state index contributed by atoms with van der Waals surface area (Å²) in [6.07, 6.45) is 7.40. The Morgan fingerprint density at radius 1 is 1.26 bits per heavy atom. The number of nitrogens with zero attached hydrogens (tertiary/aromatic N) is 4. The molecule has 0 aliphatic carbocycles. The molecule has 1 amide bonds. The average Bonchev–Trinajstić information content (AvgIpc) is 3.27. The summed E-state index contributed by atoms with van der Waals surface area (Å²) in [7, 11) is 0. The first-order chi connectivity index (χ1) is 15.1. The van der Waals surface area contributed by atoms with Gasteiger partial charge in [-0.3, -0.25) is 4.79 Å².